The molecule has 0 atom stereocenters. The molecule has 0 radical (unpaired) electrons. The number of carboxylic acids is 1. The Morgan fingerprint density at radius 1 is 0.784 bits per heavy atom. The van der Waals surface area contributed by atoms with Crippen molar-refractivity contribution in [3.05, 3.63) is 64.7 Å². The summed E-state index contributed by atoms with van der Waals surface area (Å²) in [6.45, 7) is 5.88. The number of oxime groups is 1. The van der Waals surface area contributed by atoms with E-state index < -0.39 is 11.6 Å². The van der Waals surface area contributed by atoms with Crippen molar-refractivity contribution in [2.45, 2.75) is 103 Å². The van der Waals surface area contributed by atoms with Gasteiger partial charge in [0.25, 0.3) is 0 Å². The lowest BCUT2D eigenvalue weighted by atomic mass is 10.0. The van der Waals surface area contributed by atoms with Crippen LogP contribution in [0.5, 0.6) is 5.75 Å². The predicted molar refractivity (Wildman–Crippen MR) is 153 cm³/mol. The first-order chi connectivity index (χ1) is 17.8. The molecule has 0 fully saturated rings. The van der Waals surface area contributed by atoms with Crippen LogP contribution in [0.3, 0.4) is 0 Å². The van der Waals surface area contributed by atoms with Gasteiger partial charge in [-0.3, -0.25) is 0 Å². The van der Waals surface area contributed by atoms with E-state index in [2.05, 4.69) is 12.1 Å². The van der Waals surface area contributed by atoms with Crippen molar-refractivity contribution in [1.29, 1.82) is 0 Å². The van der Waals surface area contributed by atoms with Gasteiger partial charge in [-0.1, -0.05) is 100 Å². The van der Waals surface area contributed by atoms with E-state index in [-0.39, 0.29) is 0 Å². The second kappa shape index (κ2) is 17.1. The fraction of sp³-hybridized carbons (Fsp3) is 0.548. The molecule has 0 unspecified atom stereocenters. The van der Waals surface area contributed by atoms with Crippen LogP contribution in [0.1, 0.15) is 109 Å². The van der Waals surface area contributed by atoms with Gasteiger partial charge < -0.3 is 14.7 Å². The second-order valence-electron chi connectivity index (χ2n) is 10.1. The second-order valence-corrected chi connectivity index (χ2v) is 10.5. The Balaban J connectivity index is 1.82. The number of halogens is 1. The summed E-state index contributed by atoms with van der Waals surface area (Å²) in [5.41, 5.74) is 1.11. The summed E-state index contributed by atoms with van der Waals surface area (Å²) < 4.78 is 5.62. The number of aliphatic carboxylic acids is 1. The van der Waals surface area contributed by atoms with E-state index in [1.165, 1.54) is 78.1 Å². The van der Waals surface area contributed by atoms with Crippen LogP contribution in [0.25, 0.3) is 0 Å². The van der Waals surface area contributed by atoms with Gasteiger partial charge in [-0.2, -0.15) is 0 Å². The van der Waals surface area contributed by atoms with Gasteiger partial charge in [0, 0.05) is 16.1 Å². The van der Waals surface area contributed by atoms with Crippen molar-refractivity contribution in [2.24, 2.45) is 5.16 Å². The van der Waals surface area contributed by atoms with Crippen molar-refractivity contribution >= 4 is 23.3 Å². The molecule has 0 amide bonds. The monoisotopic (exact) mass is 529 g/mol. The van der Waals surface area contributed by atoms with Gasteiger partial charge in [-0.05, 0) is 63.1 Å². The summed E-state index contributed by atoms with van der Waals surface area (Å²) in [6.07, 6.45) is 15.6. The van der Waals surface area contributed by atoms with E-state index in [1.54, 1.807) is 12.1 Å². The molecule has 0 aromatic heterocycles. The van der Waals surface area contributed by atoms with Crippen molar-refractivity contribution < 1.29 is 19.5 Å². The molecular formula is C31H44ClNO4. The number of rotatable bonds is 19. The third kappa shape index (κ3) is 12.0. The molecular weight excluding hydrogens is 486 g/mol. The van der Waals surface area contributed by atoms with Crippen molar-refractivity contribution in [3.63, 3.8) is 0 Å². The zero-order chi connectivity index (χ0) is 26.9. The highest BCUT2D eigenvalue weighted by Crippen LogP contribution is 2.22. The highest BCUT2D eigenvalue weighted by atomic mass is 35.5. The van der Waals surface area contributed by atoms with E-state index in [1.807, 2.05) is 36.4 Å². The summed E-state index contributed by atoms with van der Waals surface area (Å²) in [5, 5.41) is 14.4. The van der Waals surface area contributed by atoms with Crippen molar-refractivity contribution in [1.82, 2.24) is 0 Å². The standard InChI is InChI=1S/C31H44ClNO4/c1-4-5-6-7-8-9-10-11-12-13-14-15-24-36-33-29(25-16-20-27(32)21-17-25)26-18-22-28(23-19-26)37-31(2,3)30(34)35/h16-23H,4-15,24H2,1-3H3,(H,34,35)/b33-29-. The maximum Gasteiger partial charge on any atom is 0.347 e. The predicted octanol–water partition coefficient (Wildman–Crippen LogP) is 9.05. The van der Waals surface area contributed by atoms with Crippen LogP contribution in [0.4, 0.5) is 0 Å². The minimum Gasteiger partial charge on any atom is -0.478 e. The largest absolute Gasteiger partial charge is 0.478 e. The molecule has 1 N–H and O–H groups in total. The molecule has 0 spiro atoms. The fourth-order valence-corrected chi connectivity index (χ4v) is 4.14. The van der Waals surface area contributed by atoms with E-state index >= 15 is 0 Å². The molecule has 0 heterocycles. The fourth-order valence-electron chi connectivity index (χ4n) is 4.02. The SMILES string of the molecule is CCCCCCCCCCCCCCO/N=C(/c1ccc(Cl)cc1)c1ccc(OC(C)(C)C(=O)O)cc1. The van der Waals surface area contributed by atoms with E-state index in [0.29, 0.717) is 23.1 Å². The quantitative estimate of drug-likeness (QED) is 0.112. The molecule has 0 saturated carbocycles. The molecule has 0 aliphatic carbocycles. The minimum absolute atomic E-state index is 0.476. The maximum atomic E-state index is 11.4. The number of unbranched alkanes of at least 4 members (excludes halogenated alkanes) is 11. The van der Waals surface area contributed by atoms with Crippen molar-refractivity contribution in [3.8, 4) is 5.75 Å². The third-order valence-corrected chi connectivity index (χ3v) is 6.63. The topological polar surface area (TPSA) is 68.1 Å². The maximum absolute atomic E-state index is 11.4. The van der Waals surface area contributed by atoms with E-state index in [4.69, 9.17) is 21.2 Å². The summed E-state index contributed by atoms with van der Waals surface area (Å²) >= 11 is 6.08. The average molecular weight is 530 g/mol. The van der Waals surface area contributed by atoms with Crippen LogP contribution in [-0.4, -0.2) is 29.0 Å². The highest BCUT2D eigenvalue weighted by molar-refractivity contribution is 6.30. The highest BCUT2D eigenvalue weighted by Gasteiger charge is 2.29. The molecule has 204 valence electrons. The molecule has 2 aromatic rings. The zero-order valence-corrected chi connectivity index (χ0v) is 23.6. The normalized spacial score (nSPS) is 11.9. The molecule has 5 nitrogen and oxygen atoms in total. The van der Waals surface area contributed by atoms with Crippen molar-refractivity contribution in [2.75, 3.05) is 6.61 Å². The molecule has 0 aliphatic rings. The Kier molecular flexibility index (Phi) is 14.2. The van der Waals surface area contributed by atoms with E-state index in [0.717, 1.165) is 24.0 Å². The zero-order valence-electron chi connectivity index (χ0n) is 22.8. The number of hydrogen-bond acceptors (Lipinski definition) is 4. The minimum atomic E-state index is -1.31. The van der Waals surface area contributed by atoms with Crippen LogP contribution >= 0.6 is 11.6 Å². The van der Waals surface area contributed by atoms with Crippen LogP contribution in [0.2, 0.25) is 5.02 Å². The Hall–Kier alpha value is -2.53. The first kappa shape index (κ1) is 30.7. The lowest BCUT2D eigenvalue weighted by molar-refractivity contribution is -0.152. The van der Waals surface area contributed by atoms with Gasteiger partial charge in [0.2, 0.25) is 0 Å². The number of hydrogen-bond donors (Lipinski definition) is 1. The van der Waals surface area contributed by atoms with Gasteiger partial charge in [0.05, 0.1) is 0 Å². The van der Waals surface area contributed by atoms with E-state index in [9.17, 15) is 9.90 Å². The van der Waals surface area contributed by atoms with Gasteiger partial charge in [0.1, 0.15) is 18.1 Å². The third-order valence-electron chi connectivity index (χ3n) is 6.38. The lowest BCUT2D eigenvalue weighted by Crippen LogP contribution is -2.37. The molecule has 2 aromatic carbocycles. The lowest BCUT2D eigenvalue weighted by Gasteiger charge is -2.21. The number of benzene rings is 2. The molecule has 0 bridgehead atoms. The van der Waals surface area contributed by atoms with Gasteiger partial charge in [0.15, 0.2) is 5.60 Å². The smallest absolute Gasteiger partial charge is 0.347 e. The summed E-state index contributed by atoms with van der Waals surface area (Å²) in [6, 6.07) is 14.7. The Labute approximate surface area is 228 Å². The van der Waals surface area contributed by atoms with Crippen LogP contribution in [-0.2, 0) is 9.63 Å². The van der Waals surface area contributed by atoms with Gasteiger partial charge >= 0.3 is 5.97 Å². The molecule has 0 aliphatic heterocycles. The summed E-state index contributed by atoms with van der Waals surface area (Å²) in [5.74, 6) is -0.546. The van der Waals surface area contributed by atoms with Crippen LogP contribution < -0.4 is 4.74 Å². The first-order valence-electron chi connectivity index (χ1n) is 13.8. The molecule has 0 saturated heterocycles. The average Bonchev–Trinajstić information content (AvgIpc) is 2.87. The number of carbonyl (C=O) groups is 1. The van der Waals surface area contributed by atoms with Crippen LogP contribution in [0.15, 0.2) is 53.7 Å². The molecule has 37 heavy (non-hydrogen) atoms. The Morgan fingerprint density at radius 3 is 1.73 bits per heavy atom. The Bertz CT molecular complexity index is 939. The summed E-state index contributed by atoms with van der Waals surface area (Å²) in [4.78, 5) is 17.1. The van der Waals surface area contributed by atoms with Gasteiger partial charge in [-0.15, -0.1) is 0 Å². The number of nitrogens with zero attached hydrogens (tertiary/aromatic N) is 1. The number of carboxylic acid groups (broad SMARTS) is 1. The van der Waals surface area contributed by atoms with Crippen LogP contribution in [0, 0.1) is 0 Å². The summed E-state index contributed by atoms with van der Waals surface area (Å²) in [7, 11) is 0. The molecule has 6 heteroatoms. The Morgan fingerprint density at radius 2 is 1.24 bits per heavy atom. The first-order valence-corrected chi connectivity index (χ1v) is 14.2. The van der Waals surface area contributed by atoms with Gasteiger partial charge in [-0.25, -0.2) is 4.79 Å². The number of ether oxygens (including phenoxy) is 1. The molecule has 2 rings (SSSR count).